The second-order valence-electron chi connectivity index (χ2n) is 6.01. The Hall–Kier alpha value is -0.590. The van der Waals surface area contributed by atoms with Gasteiger partial charge >= 0.3 is 0 Å². The molecule has 3 nitrogen and oxygen atoms in total. The minimum Gasteiger partial charge on any atom is -0.300 e. The predicted molar refractivity (Wildman–Crippen MR) is 64.9 cm³/mol. The Morgan fingerprint density at radius 3 is 2.31 bits per heavy atom. The maximum Gasteiger partial charge on any atom is 0.116 e. The zero-order valence-corrected chi connectivity index (χ0v) is 10.7. The molecule has 2 aliphatic rings. The summed E-state index contributed by atoms with van der Waals surface area (Å²) >= 11 is 0. The summed E-state index contributed by atoms with van der Waals surface area (Å²) in [5.41, 5.74) is -0.356. The van der Waals surface area contributed by atoms with Gasteiger partial charge in [0.05, 0.1) is 6.07 Å². The lowest BCUT2D eigenvalue weighted by atomic mass is 10.0. The van der Waals surface area contributed by atoms with Crippen molar-refractivity contribution in [3.05, 3.63) is 0 Å². The van der Waals surface area contributed by atoms with Crippen LogP contribution in [0.4, 0.5) is 0 Å². The van der Waals surface area contributed by atoms with Crippen molar-refractivity contribution in [3.8, 4) is 6.07 Å². The molecule has 90 valence electrons. The number of likely N-dealkylation sites (tertiary alicyclic amines) is 1. The molecule has 3 atom stereocenters. The van der Waals surface area contributed by atoms with Crippen LogP contribution in [0.25, 0.3) is 0 Å². The molecule has 16 heavy (non-hydrogen) atoms. The zero-order valence-electron chi connectivity index (χ0n) is 10.7. The number of hydrogen-bond acceptors (Lipinski definition) is 3. The first-order valence-corrected chi connectivity index (χ1v) is 6.44. The molecule has 0 aromatic rings. The van der Waals surface area contributed by atoms with Crippen LogP contribution < -0.4 is 5.32 Å². The summed E-state index contributed by atoms with van der Waals surface area (Å²) in [7, 11) is 0. The van der Waals surface area contributed by atoms with Crippen LogP contribution in [0, 0.1) is 23.2 Å². The average molecular weight is 221 g/mol. The first kappa shape index (κ1) is 11.9. The van der Waals surface area contributed by atoms with Crippen molar-refractivity contribution in [2.24, 2.45) is 11.8 Å². The van der Waals surface area contributed by atoms with E-state index in [-0.39, 0.29) is 5.54 Å². The fourth-order valence-electron chi connectivity index (χ4n) is 2.62. The minimum atomic E-state index is -0.356. The van der Waals surface area contributed by atoms with Crippen molar-refractivity contribution in [1.29, 1.82) is 5.26 Å². The van der Waals surface area contributed by atoms with Crippen LogP contribution in [0.15, 0.2) is 0 Å². The Balaban J connectivity index is 1.89. The maximum absolute atomic E-state index is 9.31. The Morgan fingerprint density at radius 2 is 1.88 bits per heavy atom. The van der Waals surface area contributed by atoms with Crippen LogP contribution in [0.1, 0.15) is 33.6 Å². The molecular weight excluding hydrogens is 198 g/mol. The predicted octanol–water partition coefficient (Wildman–Crippen LogP) is 1.61. The quantitative estimate of drug-likeness (QED) is 0.784. The molecule has 1 aliphatic carbocycles. The molecule has 1 aliphatic heterocycles. The van der Waals surface area contributed by atoms with Crippen molar-refractivity contribution in [2.75, 3.05) is 19.6 Å². The molecule has 0 spiro atoms. The van der Waals surface area contributed by atoms with Gasteiger partial charge in [0.15, 0.2) is 0 Å². The summed E-state index contributed by atoms with van der Waals surface area (Å²) in [6, 6.07) is 3.05. The van der Waals surface area contributed by atoms with Crippen molar-refractivity contribution in [3.63, 3.8) is 0 Å². The van der Waals surface area contributed by atoms with E-state index in [2.05, 4.69) is 30.1 Å². The molecule has 1 saturated carbocycles. The third kappa shape index (κ3) is 2.75. The second kappa shape index (κ2) is 4.35. The molecule has 0 radical (unpaired) electrons. The first-order valence-electron chi connectivity index (χ1n) is 6.44. The van der Waals surface area contributed by atoms with Gasteiger partial charge in [-0.25, -0.2) is 0 Å². The summed E-state index contributed by atoms with van der Waals surface area (Å²) in [6.07, 6.45) is 2.48. The number of hydrogen-bond donors (Lipinski definition) is 1. The van der Waals surface area contributed by atoms with Gasteiger partial charge < -0.3 is 0 Å². The molecule has 0 bridgehead atoms. The van der Waals surface area contributed by atoms with Gasteiger partial charge in [-0.05, 0) is 31.6 Å². The number of nitriles is 1. The van der Waals surface area contributed by atoms with E-state index >= 15 is 0 Å². The fraction of sp³-hybridized carbons (Fsp3) is 0.923. The molecule has 0 aromatic carbocycles. The Labute approximate surface area is 98.8 Å². The number of nitrogens with one attached hydrogen (secondary N) is 1. The molecular formula is C13H23N3. The van der Waals surface area contributed by atoms with Gasteiger partial charge in [-0.1, -0.05) is 13.8 Å². The van der Waals surface area contributed by atoms with Gasteiger partial charge in [0, 0.05) is 25.7 Å². The van der Waals surface area contributed by atoms with E-state index < -0.39 is 0 Å². The second-order valence-corrected chi connectivity index (χ2v) is 6.01. The number of rotatable bonds is 4. The van der Waals surface area contributed by atoms with E-state index in [0.29, 0.717) is 6.04 Å². The Morgan fingerprint density at radius 1 is 1.31 bits per heavy atom. The van der Waals surface area contributed by atoms with E-state index in [1.54, 1.807) is 0 Å². The van der Waals surface area contributed by atoms with Gasteiger partial charge in [-0.2, -0.15) is 5.26 Å². The largest absolute Gasteiger partial charge is 0.300 e. The molecule has 3 heteroatoms. The van der Waals surface area contributed by atoms with Crippen molar-refractivity contribution < 1.29 is 0 Å². The number of nitrogens with zero attached hydrogens (tertiary/aromatic N) is 2. The van der Waals surface area contributed by atoms with Crippen LogP contribution in [0.2, 0.25) is 0 Å². The highest BCUT2D eigenvalue weighted by Gasteiger charge is 2.36. The molecule has 2 rings (SSSR count). The smallest absolute Gasteiger partial charge is 0.116 e. The fourth-order valence-corrected chi connectivity index (χ4v) is 2.62. The van der Waals surface area contributed by atoms with E-state index in [1.165, 1.54) is 12.8 Å². The van der Waals surface area contributed by atoms with E-state index in [9.17, 15) is 5.26 Å². The van der Waals surface area contributed by atoms with Gasteiger partial charge in [0.1, 0.15) is 5.54 Å². The zero-order chi connectivity index (χ0) is 11.8. The van der Waals surface area contributed by atoms with Crippen LogP contribution in [-0.2, 0) is 0 Å². The SMILES string of the molecule is CC1CN(CC(C)(C#N)NC2CC2)CC1C. The van der Waals surface area contributed by atoms with E-state index in [1.807, 2.05) is 6.92 Å². The van der Waals surface area contributed by atoms with Crippen LogP contribution >= 0.6 is 0 Å². The van der Waals surface area contributed by atoms with Crippen LogP contribution in [0.5, 0.6) is 0 Å². The Bertz CT molecular complexity index is 282. The Kier molecular flexibility index (Phi) is 3.23. The molecule has 3 unspecified atom stereocenters. The van der Waals surface area contributed by atoms with Crippen LogP contribution in [0.3, 0.4) is 0 Å². The average Bonchev–Trinajstić information content (AvgIpc) is 2.95. The molecule has 0 aromatic heterocycles. The van der Waals surface area contributed by atoms with Gasteiger partial charge in [0.25, 0.3) is 0 Å². The molecule has 0 amide bonds. The maximum atomic E-state index is 9.31. The highest BCUT2D eigenvalue weighted by atomic mass is 15.2. The molecule has 1 heterocycles. The summed E-state index contributed by atoms with van der Waals surface area (Å²) in [5.74, 6) is 1.53. The van der Waals surface area contributed by atoms with Gasteiger partial charge in [-0.3, -0.25) is 10.2 Å². The highest BCUT2D eigenvalue weighted by molar-refractivity contribution is 5.09. The van der Waals surface area contributed by atoms with Crippen molar-refractivity contribution in [2.45, 2.75) is 45.2 Å². The van der Waals surface area contributed by atoms with E-state index in [0.717, 1.165) is 31.5 Å². The molecule has 1 N–H and O–H groups in total. The highest BCUT2D eigenvalue weighted by Crippen LogP contribution is 2.26. The summed E-state index contributed by atoms with van der Waals surface area (Å²) < 4.78 is 0. The summed E-state index contributed by atoms with van der Waals surface area (Å²) in [4.78, 5) is 2.44. The first-order chi connectivity index (χ1) is 7.52. The minimum absolute atomic E-state index is 0.356. The molecule has 2 fully saturated rings. The third-order valence-corrected chi connectivity index (χ3v) is 3.95. The van der Waals surface area contributed by atoms with Crippen molar-refractivity contribution in [1.82, 2.24) is 10.2 Å². The lowest BCUT2D eigenvalue weighted by Crippen LogP contribution is -2.50. The third-order valence-electron chi connectivity index (χ3n) is 3.95. The lowest BCUT2D eigenvalue weighted by molar-refractivity contribution is 0.251. The normalized spacial score (nSPS) is 34.6. The molecule has 1 saturated heterocycles. The monoisotopic (exact) mass is 221 g/mol. The van der Waals surface area contributed by atoms with Crippen molar-refractivity contribution >= 4 is 0 Å². The van der Waals surface area contributed by atoms with Gasteiger partial charge in [-0.15, -0.1) is 0 Å². The standard InChI is InChI=1S/C13H23N3/c1-10-6-16(7-11(10)2)9-13(3,8-14)15-12-4-5-12/h10-12,15H,4-7,9H2,1-3H3. The topological polar surface area (TPSA) is 39.1 Å². The lowest BCUT2D eigenvalue weighted by Gasteiger charge is -2.28. The summed E-state index contributed by atoms with van der Waals surface area (Å²) in [6.45, 7) is 9.81. The van der Waals surface area contributed by atoms with Crippen LogP contribution in [-0.4, -0.2) is 36.1 Å². The van der Waals surface area contributed by atoms with Gasteiger partial charge in [0.2, 0.25) is 0 Å². The van der Waals surface area contributed by atoms with E-state index in [4.69, 9.17) is 0 Å². The summed E-state index contributed by atoms with van der Waals surface area (Å²) in [5, 5.41) is 12.8.